The Morgan fingerprint density at radius 1 is 0.677 bits per heavy atom. The van der Waals surface area contributed by atoms with Gasteiger partial charge in [-0.15, -0.1) is 0 Å². The van der Waals surface area contributed by atoms with Gasteiger partial charge in [-0.3, -0.25) is 14.4 Å². The van der Waals surface area contributed by atoms with Crippen molar-refractivity contribution in [1.29, 1.82) is 0 Å². The zero-order chi connectivity index (χ0) is 20.1. The van der Waals surface area contributed by atoms with Gasteiger partial charge >= 0.3 is 0 Å². The zero-order valence-electron chi connectivity index (χ0n) is 16.6. The molecule has 0 spiro atoms. The summed E-state index contributed by atoms with van der Waals surface area (Å²) >= 11 is 0. The third kappa shape index (κ3) is 1.84. The van der Waals surface area contributed by atoms with Gasteiger partial charge in [0.2, 0.25) is 0 Å². The van der Waals surface area contributed by atoms with E-state index < -0.39 is 0 Å². The Kier molecular flexibility index (Phi) is 2.72. The summed E-state index contributed by atoms with van der Waals surface area (Å²) in [6.45, 7) is 0. The van der Waals surface area contributed by atoms with E-state index in [1.807, 2.05) is 24.8 Å². The topological polar surface area (TPSA) is 43.1 Å². The van der Waals surface area contributed by atoms with Crippen molar-refractivity contribution in [3.05, 3.63) is 95.7 Å². The minimum absolute atomic E-state index is 0.893. The standard InChI is InChI=1S/C27H16N4/c1-2-4-18-15(3-1)11-16-5-6-17-12-23-26(25(17)24(16)18)30-27-21-14-28-9-7-19(21)20-13-29-10-8-22(20)31(23)27/h1-10,13-14H,11-12H2. The fraction of sp³-hybridized carbons (Fsp3) is 0.0741. The highest BCUT2D eigenvalue weighted by Crippen LogP contribution is 2.49. The van der Waals surface area contributed by atoms with Crippen molar-refractivity contribution >= 4 is 27.3 Å². The van der Waals surface area contributed by atoms with Crippen LogP contribution in [0.3, 0.4) is 0 Å². The lowest BCUT2D eigenvalue weighted by molar-refractivity contribution is 1.09. The molecule has 6 aromatic rings. The molecule has 2 aromatic carbocycles. The van der Waals surface area contributed by atoms with E-state index in [4.69, 9.17) is 4.98 Å². The summed E-state index contributed by atoms with van der Waals surface area (Å²) in [5.74, 6) is 0. The number of hydrogen-bond acceptors (Lipinski definition) is 3. The van der Waals surface area contributed by atoms with Crippen molar-refractivity contribution in [3.63, 3.8) is 0 Å². The van der Waals surface area contributed by atoms with Crippen molar-refractivity contribution in [1.82, 2.24) is 19.4 Å². The molecule has 0 unspecified atom stereocenters. The van der Waals surface area contributed by atoms with Crippen LogP contribution in [0.25, 0.3) is 49.7 Å². The van der Waals surface area contributed by atoms with Crippen LogP contribution in [0.2, 0.25) is 0 Å². The SMILES string of the molecule is c1ccc2c(c1)Cc1ccc3c(c1-2)-c1nc2c4cnccc4c4cnccc4n2c1C3. The first-order valence-electron chi connectivity index (χ1n) is 10.6. The number of fused-ring (bicyclic) bond motifs is 14. The number of pyridine rings is 3. The largest absolute Gasteiger partial charge is 0.295 e. The number of aromatic nitrogens is 4. The van der Waals surface area contributed by atoms with Gasteiger partial charge in [-0.25, -0.2) is 4.98 Å². The molecule has 4 heteroatoms. The van der Waals surface area contributed by atoms with Crippen LogP contribution in [0.1, 0.15) is 22.4 Å². The molecule has 144 valence electrons. The zero-order valence-corrected chi connectivity index (χ0v) is 16.6. The highest BCUT2D eigenvalue weighted by Gasteiger charge is 2.32. The fourth-order valence-electron chi connectivity index (χ4n) is 5.72. The van der Waals surface area contributed by atoms with Gasteiger partial charge in [-0.2, -0.15) is 0 Å². The number of hydrogen-bond donors (Lipinski definition) is 0. The first kappa shape index (κ1) is 15.7. The second-order valence-electron chi connectivity index (χ2n) is 8.52. The second-order valence-corrected chi connectivity index (χ2v) is 8.52. The van der Waals surface area contributed by atoms with Crippen LogP contribution in [0.5, 0.6) is 0 Å². The monoisotopic (exact) mass is 396 g/mol. The summed E-state index contributed by atoms with van der Waals surface area (Å²) in [5.41, 5.74) is 12.8. The lowest BCUT2D eigenvalue weighted by Gasteiger charge is -2.10. The number of nitrogens with zero attached hydrogens (tertiary/aromatic N) is 4. The average molecular weight is 396 g/mol. The molecular weight excluding hydrogens is 380 g/mol. The summed E-state index contributed by atoms with van der Waals surface area (Å²) in [6.07, 6.45) is 9.51. The molecule has 0 saturated heterocycles. The van der Waals surface area contributed by atoms with Crippen molar-refractivity contribution in [2.45, 2.75) is 12.8 Å². The first-order chi connectivity index (χ1) is 15.4. The maximum absolute atomic E-state index is 5.27. The van der Waals surface area contributed by atoms with Crippen molar-refractivity contribution in [2.24, 2.45) is 0 Å². The summed E-state index contributed by atoms with van der Waals surface area (Å²) < 4.78 is 2.34. The molecule has 2 aliphatic carbocycles. The molecular formula is C27H16N4. The minimum Gasteiger partial charge on any atom is -0.295 e. The molecule has 0 amide bonds. The second kappa shape index (κ2) is 5.35. The van der Waals surface area contributed by atoms with Gasteiger partial charge < -0.3 is 0 Å². The maximum Gasteiger partial charge on any atom is 0.147 e. The van der Waals surface area contributed by atoms with E-state index >= 15 is 0 Å². The molecule has 0 N–H and O–H groups in total. The Morgan fingerprint density at radius 2 is 1.48 bits per heavy atom. The van der Waals surface area contributed by atoms with E-state index in [0.717, 1.165) is 45.9 Å². The van der Waals surface area contributed by atoms with Crippen molar-refractivity contribution < 1.29 is 0 Å². The van der Waals surface area contributed by atoms with Crippen LogP contribution in [0.15, 0.2) is 73.3 Å². The Morgan fingerprint density at radius 3 is 2.42 bits per heavy atom. The number of imidazole rings is 1. The summed E-state index contributed by atoms with van der Waals surface area (Å²) in [6, 6.07) is 17.6. The maximum atomic E-state index is 5.27. The van der Waals surface area contributed by atoms with Crippen LogP contribution < -0.4 is 0 Å². The molecule has 0 fully saturated rings. The summed E-state index contributed by atoms with van der Waals surface area (Å²) in [4.78, 5) is 14.1. The third-order valence-electron chi connectivity index (χ3n) is 7.00. The smallest absolute Gasteiger partial charge is 0.147 e. The molecule has 8 rings (SSSR count). The molecule has 0 radical (unpaired) electrons. The molecule has 31 heavy (non-hydrogen) atoms. The Hall–Kier alpha value is -4.05. The van der Waals surface area contributed by atoms with Crippen molar-refractivity contribution in [3.8, 4) is 22.4 Å². The van der Waals surface area contributed by atoms with Gasteiger partial charge in [-0.05, 0) is 51.8 Å². The lowest BCUT2D eigenvalue weighted by atomic mass is 9.96. The van der Waals surface area contributed by atoms with E-state index in [0.29, 0.717) is 0 Å². The van der Waals surface area contributed by atoms with Gasteiger partial charge in [0, 0.05) is 47.5 Å². The van der Waals surface area contributed by atoms with E-state index in [1.54, 1.807) is 0 Å². The Balaban J connectivity index is 1.55. The summed E-state index contributed by atoms with van der Waals surface area (Å²) in [5, 5.41) is 3.36. The predicted octanol–water partition coefficient (Wildman–Crippen LogP) is 5.57. The quantitative estimate of drug-likeness (QED) is 0.315. The molecule has 4 aromatic heterocycles. The van der Waals surface area contributed by atoms with Gasteiger partial charge in [0.1, 0.15) is 5.65 Å². The summed E-state index contributed by atoms with van der Waals surface area (Å²) in [7, 11) is 0. The van der Waals surface area contributed by atoms with Crippen LogP contribution in [-0.4, -0.2) is 19.4 Å². The highest BCUT2D eigenvalue weighted by molar-refractivity contribution is 6.12. The Labute approximate surface area is 177 Å². The molecule has 0 saturated carbocycles. The van der Waals surface area contributed by atoms with Crippen molar-refractivity contribution in [2.75, 3.05) is 0 Å². The Bertz CT molecular complexity index is 1740. The van der Waals surface area contributed by atoms with E-state index in [-0.39, 0.29) is 0 Å². The first-order valence-corrected chi connectivity index (χ1v) is 10.6. The fourth-order valence-corrected chi connectivity index (χ4v) is 5.72. The molecule has 2 aliphatic rings. The molecule has 0 atom stereocenters. The predicted molar refractivity (Wildman–Crippen MR) is 122 cm³/mol. The van der Waals surface area contributed by atoms with Gasteiger partial charge in [0.05, 0.1) is 16.9 Å². The number of rotatable bonds is 0. The van der Waals surface area contributed by atoms with Gasteiger partial charge in [-0.1, -0.05) is 36.4 Å². The molecule has 4 heterocycles. The van der Waals surface area contributed by atoms with Crippen LogP contribution in [0, 0.1) is 0 Å². The normalized spacial score (nSPS) is 13.5. The molecule has 0 bridgehead atoms. The van der Waals surface area contributed by atoms with Gasteiger partial charge in [0.25, 0.3) is 0 Å². The third-order valence-corrected chi connectivity index (χ3v) is 7.00. The minimum atomic E-state index is 0.893. The van der Waals surface area contributed by atoms with E-state index in [2.05, 4.69) is 62.9 Å². The number of benzene rings is 2. The van der Waals surface area contributed by atoms with E-state index in [1.165, 1.54) is 39.1 Å². The van der Waals surface area contributed by atoms with E-state index in [9.17, 15) is 0 Å². The van der Waals surface area contributed by atoms with Crippen LogP contribution in [0.4, 0.5) is 0 Å². The average Bonchev–Trinajstić information content (AvgIpc) is 3.48. The molecule has 0 aliphatic heterocycles. The molecule has 4 nitrogen and oxygen atoms in total. The van der Waals surface area contributed by atoms with Crippen LogP contribution in [-0.2, 0) is 12.8 Å². The lowest BCUT2D eigenvalue weighted by Crippen LogP contribution is -1.97. The van der Waals surface area contributed by atoms with Crippen LogP contribution >= 0.6 is 0 Å². The highest BCUT2D eigenvalue weighted by atomic mass is 15.0. The van der Waals surface area contributed by atoms with Gasteiger partial charge in [0.15, 0.2) is 0 Å².